The van der Waals surface area contributed by atoms with E-state index in [1.807, 2.05) is 6.07 Å². The van der Waals surface area contributed by atoms with Crippen molar-refractivity contribution in [3.63, 3.8) is 0 Å². The van der Waals surface area contributed by atoms with Gasteiger partial charge in [-0.15, -0.1) is 0 Å². The highest BCUT2D eigenvalue weighted by atomic mass is 19.1. The van der Waals surface area contributed by atoms with E-state index in [4.69, 9.17) is 14.7 Å². The third-order valence-corrected chi connectivity index (χ3v) is 2.68. The fourth-order valence-electron chi connectivity index (χ4n) is 1.61. The van der Waals surface area contributed by atoms with E-state index in [1.165, 1.54) is 19.2 Å². The Morgan fingerprint density at radius 2 is 1.89 bits per heavy atom. The average Bonchev–Trinajstić information content (AvgIpc) is 2.42. The molecule has 0 aliphatic heterocycles. The van der Waals surface area contributed by atoms with Gasteiger partial charge in [0.05, 0.1) is 12.7 Å². The molecule has 0 atom stereocenters. The van der Waals surface area contributed by atoms with Gasteiger partial charge in [-0.3, -0.25) is 0 Å². The molecule has 0 unspecified atom stereocenters. The van der Waals surface area contributed by atoms with Crippen LogP contribution in [0.4, 0.5) is 4.39 Å². The molecule has 0 spiro atoms. The van der Waals surface area contributed by atoms with E-state index >= 15 is 0 Å². The molecule has 2 aromatic rings. The van der Waals surface area contributed by atoms with Crippen LogP contribution in [0.2, 0.25) is 0 Å². The highest BCUT2D eigenvalue weighted by Gasteiger charge is 2.09. The zero-order valence-corrected chi connectivity index (χ0v) is 10.6. The minimum absolute atomic E-state index is 0.343. The van der Waals surface area contributed by atoms with Crippen molar-refractivity contribution in [2.45, 2.75) is 6.92 Å². The third kappa shape index (κ3) is 2.83. The normalized spacial score (nSPS) is 9.79. The SMILES string of the molecule is COc1ccc(C#N)c(Oc2cc(F)ccc2C)c1. The van der Waals surface area contributed by atoms with Crippen LogP contribution in [0.1, 0.15) is 11.1 Å². The maximum absolute atomic E-state index is 13.2. The lowest BCUT2D eigenvalue weighted by molar-refractivity contribution is 0.408. The number of nitriles is 1. The van der Waals surface area contributed by atoms with Gasteiger partial charge in [0.2, 0.25) is 0 Å². The topological polar surface area (TPSA) is 42.2 Å². The summed E-state index contributed by atoms with van der Waals surface area (Å²) in [6.07, 6.45) is 0. The van der Waals surface area contributed by atoms with Crippen LogP contribution in [0.3, 0.4) is 0 Å². The van der Waals surface area contributed by atoms with Crippen molar-refractivity contribution < 1.29 is 13.9 Å². The van der Waals surface area contributed by atoms with Gasteiger partial charge in [-0.05, 0) is 30.7 Å². The van der Waals surface area contributed by atoms with E-state index in [1.54, 1.807) is 31.2 Å². The number of nitrogens with zero attached hydrogens (tertiary/aromatic N) is 1. The molecule has 3 nitrogen and oxygen atoms in total. The van der Waals surface area contributed by atoms with Gasteiger partial charge >= 0.3 is 0 Å². The van der Waals surface area contributed by atoms with Crippen LogP contribution in [0.15, 0.2) is 36.4 Å². The molecule has 0 amide bonds. The first-order valence-electron chi connectivity index (χ1n) is 5.66. The molecule has 0 bridgehead atoms. The molecular formula is C15H12FNO2. The lowest BCUT2D eigenvalue weighted by atomic mass is 10.2. The minimum atomic E-state index is -0.387. The highest BCUT2D eigenvalue weighted by molar-refractivity contribution is 5.50. The lowest BCUT2D eigenvalue weighted by Gasteiger charge is -2.11. The Labute approximate surface area is 110 Å². The molecule has 0 saturated heterocycles. The molecule has 0 aliphatic rings. The zero-order chi connectivity index (χ0) is 13.8. The van der Waals surface area contributed by atoms with Gasteiger partial charge in [0.25, 0.3) is 0 Å². The summed E-state index contributed by atoms with van der Waals surface area (Å²) in [7, 11) is 1.53. The molecule has 19 heavy (non-hydrogen) atoms. The summed E-state index contributed by atoms with van der Waals surface area (Å²) in [5.41, 5.74) is 1.15. The number of aryl methyl sites for hydroxylation is 1. The molecule has 0 aliphatic carbocycles. The lowest BCUT2D eigenvalue weighted by Crippen LogP contribution is -1.93. The summed E-state index contributed by atoms with van der Waals surface area (Å²) >= 11 is 0. The molecule has 0 saturated carbocycles. The number of benzene rings is 2. The maximum atomic E-state index is 13.2. The Morgan fingerprint density at radius 1 is 1.11 bits per heavy atom. The van der Waals surface area contributed by atoms with Crippen LogP contribution in [0.5, 0.6) is 17.2 Å². The van der Waals surface area contributed by atoms with Crippen LogP contribution in [-0.4, -0.2) is 7.11 Å². The van der Waals surface area contributed by atoms with Crippen molar-refractivity contribution in [3.05, 3.63) is 53.3 Å². The molecule has 0 radical (unpaired) electrons. The number of hydrogen-bond acceptors (Lipinski definition) is 3. The van der Waals surface area contributed by atoms with Crippen LogP contribution >= 0.6 is 0 Å². The van der Waals surface area contributed by atoms with Gasteiger partial charge in [-0.1, -0.05) is 6.07 Å². The second-order valence-electron chi connectivity index (χ2n) is 3.99. The van der Waals surface area contributed by atoms with Crippen molar-refractivity contribution in [1.29, 1.82) is 5.26 Å². The van der Waals surface area contributed by atoms with E-state index in [0.29, 0.717) is 22.8 Å². The molecule has 2 rings (SSSR count). The first-order valence-corrected chi connectivity index (χ1v) is 5.66. The van der Waals surface area contributed by atoms with Gasteiger partial charge in [0.15, 0.2) is 0 Å². The Hall–Kier alpha value is -2.54. The Kier molecular flexibility index (Phi) is 3.67. The van der Waals surface area contributed by atoms with E-state index in [0.717, 1.165) is 5.56 Å². The molecule has 2 aromatic carbocycles. The van der Waals surface area contributed by atoms with Crippen LogP contribution in [0.25, 0.3) is 0 Å². The Balaban J connectivity index is 2.42. The van der Waals surface area contributed by atoms with Crippen molar-refractivity contribution in [3.8, 4) is 23.3 Å². The van der Waals surface area contributed by atoms with Gasteiger partial charge in [0.1, 0.15) is 29.1 Å². The van der Waals surface area contributed by atoms with Crippen LogP contribution in [0, 0.1) is 24.1 Å². The standard InChI is InChI=1S/C15H12FNO2/c1-10-3-5-12(16)7-14(10)19-15-8-13(18-2)6-4-11(15)9-17/h3-8H,1-2H3. The fourth-order valence-corrected chi connectivity index (χ4v) is 1.61. The van der Waals surface area contributed by atoms with Crippen molar-refractivity contribution in [2.75, 3.05) is 7.11 Å². The van der Waals surface area contributed by atoms with Crippen molar-refractivity contribution in [1.82, 2.24) is 0 Å². The molecule has 0 fully saturated rings. The predicted molar refractivity (Wildman–Crippen MR) is 68.9 cm³/mol. The van der Waals surface area contributed by atoms with Crippen molar-refractivity contribution >= 4 is 0 Å². The second kappa shape index (κ2) is 5.40. The van der Waals surface area contributed by atoms with Gasteiger partial charge in [-0.25, -0.2) is 4.39 Å². The van der Waals surface area contributed by atoms with Crippen LogP contribution in [-0.2, 0) is 0 Å². The summed E-state index contributed by atoms with van der Waals surface area (Å²) in [5.74, 6) is 0.908. The minimum Gasteiger partial charge on any atom is -0.497 e. The molecule has 4 heteroatoms. The number of halogens is 1. The van der Waals surface area contributed by atoms with E-state index in [9.17, 15) is 4.39 Å². The largest absolute Gasteiger partial charge is 0.497 e. The molecule has 0 N–H and O–H groups in total. The van der Waals surface area contributed by atoms with Crippen molar-refractivity contribution in [2.24, 2.45) is 0 Å². The predicted octanol–water partition coefficient (Wildman–Crippen LogP) is 3.81. The zero-order valence-electron chi connectivity index (χ0n) is 10.6. The first kappa shape index (κ1) is 12.9. The number of hydrogen-bond donors (Lipinski definition) is 0. The molecular weight excluding hydrogens is 245 g/mol. The summed E-state index contributed by atoms with van der Waals surface area (Å²) in [6, 6.07) is 11.2. The maximum Gasteiger partial charge on any atom is 0.148 e. The number of ether oxygens (including phenoxy) is 2. The molecule has 0 aromatic heterocycles. The number of rotatable bonds is 3. The van der Waals surface area contributed by atoms with Gasteiger partial charge in [0, 0.05) is 12.1 Å². The van der Waals surface area contributed by atoms with E-state index in [2.05, 4.69) is 0 Å². The Bertz CT molecular complexity index is 647. The quantitative estimate of drug-likeness (QED) is 0.839. The second-order valence-corrected chi connectivity index (χ2v) is 3.99. The molecule has 0 heterocycles. The monoisotopic (exact) mass is 257 g/mol. The molecule has 96 valence electrons. The third-order valence-electron chi connectivity index (χ3n) is 2.68. The summed E-state index contributed by atoms with van der Waals surface area (Å²) < 4.78 is 23.9. The van der Waals surface area contributed by atoms with E-state index < -0.39 is 0 Å². The average molecular weight is 257 g/mol. The fraction of sp³-hybridized carbons (Fsp3) is 0.133. The summed E-state index contributed by atoms with van der Waals surface area (Å²) in [6.45, 7) is 1.81. The van der Waals surface area contributed by atoms with E-state index in [-0.39, 0.29) is 5.82 Å². The van der Waals surface area contributed by atoms with Gasteiger partial charge in [-0.2, -0.15) is 5.26 Å². The summed E-state index contributed by atoms with van der Waals surface area (Å²) in [5, 5.41) is 9.04. The number of methoxy groups -OCH3 is 1. The van der Waals surface area contributed by atoms with Gasteiger partial charge < -0.3 is 9.47 Å². The first-order chi connectivity index (χ1) is 9.13. The summed E-state index contributed by atoms with van der Waals surface area (Å²) in [4.78, 5) is 0. The van der Waals surface area contributed by atoms with Crippen LogP contribution < -0.4 is 9.47 Å². The highest BCUT2D eigenvalue weighted by Crippen LogP contribution is 2.31. The Morgan fingerprint density at radius 3 is 2.58 bits per heavy atom. The smallest absolute Gasteiger partial charge is 0.148 e.